The predicted molar refractivity (Wildman–Crippen MR) is 75.7 cm³/mol. The first-order valence-corrected chi connectivity index (χ1v) is 6.79. The second kappa shape index (κ2) is 6.94. The molecule has 0 aromatic heterocycles. The number of urea groups is 1. The van der Waals surface area contributed by atoms with Crippen molar-refractivity contribution in [3.63, 3.8) is 0 Å². The number of aromatic hydroxyl groups is 1. The smallest absolute Gasteiger partial charge is 0.339 e. The molecule has 0 radical (unpaired) electrons. The average molecular weight is 294 g/mol. The van der Waals surface area contributed by atoms with Crippen LogP contribution in [0.2, 0.25) is 0 Å². The van der Waals surface area contributed by atoms with Gasteiger partial charge in [0.15, 0.2) is 5.75 Å². The summed E-state index contributed by atoms with van der Waals surface area (Å²) in [7, 11) is 0. The molecular weight excluding hydrogens is 276 g/mol. The highest BCUT2D eigenvalue weighted by Crippen LogP contribution is 2.27. The maximum absolute atomic E-state index is 11.8. The monoisotopic (exact) mass is 294 g/mol. The van der Waals surface area contributed by atoms with Gasteiger partial charge in [-0.1, -0.05) is 6.07 Å². The lowest BCUT2D eigenvalue weighted by Crippen LogP contribution is -2.37. The molecular formula is C14H18N2O5. The summed E-state index contributed by atoms with van der Waals surface area (Å²) >= 11 is 0. The molecule has 1 aromatic carbocycles. The zero-order valence-corrected chi connectivity index (χ0v) is 11.5. The highest BCUT2D eigenvalue weighted by atomic mass is 16.5. The fraction of sp³-hybridized carbons (Fsp3) is 0.429. The minimum Gasteiger partial charge on any atom is -0.505 e. The number of nitrogens with one attached hydrogen (secondary N) is 2. The van der Waals surface area contributed by atoms with Gasteiger partial charge in [-0.15, -0.1) is 0 Å². The Morgan fingerprint density at radius 3 is 2.81 bits per heavy atom. The van der Waals surface area contributed by atoms with Crippen LogP contribution in [0.4, 0.5) is 10.5 Å². The third kappa shape index (κ3) is 4.09. The number of phenols is 1. The van der Waals surface area contributed by atoms with Gasteiger partial charge >= 0.3 is 12.0 Å². The molecule has 0 bridgehead atoms. The lowest BCUT2D eigenvalue weighted by molar-refractivity contribution is 0.0187. The van der Waals surface area contributed by atoms with Crippen LogP contribution >= 0.6 is 0 Å². The topological polar surface area (TPSA) is 108 Å². The lowest BCUT2D eigenvalue weighted by atomic mass is 10.1. The minimum atomic E-state index is -1.26. The first kappa shape index (κ1) is 15.1. The summed E-state index contributed by atoms with van der Waals surface area (Å²) in [5.74, 6) is -1.72. The second-order valence-corrected chi connectivity index (χ2v) is 4.83. The number of hydrogen-bond donors (Lipinski definition) is 4. The van der Waals surface area contributed by atoms with E-state index < -0.39 is 17.7 Å². The van der Waals surface area contributed by atoms with Gasteiger partial charge in [0.2, 0.25) is 0 Å². The van der Waals surface area contributed by atoms with Crippen molar-refractivity contribution in [1.82, 2.24) is 5.32 Å². The van der Waals surface area contributed by atoms with Crippen LogP contribution in [0.3, 0.4) is 0 Å². The Hall–Kier alpha value is -2.28. The summed E-state index contributed by atoms with van der Waals surface area (Å²) in [6.45, 7) is 1.08. The summed E-state index contributed by atoms with van der Waals surface area (Å²) in [5.41, 5.74) is -0.208. The molecule has 1 saturated heterocycles. The molecule has 1 aromatic rings. The van der Waals surface area contributed by atoms with Crippen LogP contribution < -0.4 is 10.6 Å². The molecule has 0 aliphatic carbocycles. The number of anilines is 1. The number of carboxylic acid groups (broad SMARTS) is 1. The normalized spacial score (nSPS) is 18.0. The van der Waals surface area contributed by atoms with Gasteiger partial charge in [-0.3, -0.25) is 0 Å². The van der Waals surface area contributed by atoms with Gasteiger partial charge in [0.05, 0.1) is 11.8 Å². The molecule has 1 unspecified atom stereocenters. The first-order chi connectivity index (χ1) is 10.1. The molecule has 114 valence electrons. The molecule has 2 amide bonds. The van der Waals surface area contributed by atoms with Crippen LogP contribution in [-0.2, 0) is 4.74 Å². The van der Waals surface area contributed by atoms with E-state index in [0.29, 0.717) is 13.2 Å². The number of para-hydroxylation sites is 1. The van der Waals surface area contributed by atoms with E-state index >= 15 is 0 Å². The number of aromatic carboxylic acids is 1. The van der Waals surface area contributed by atoms with Gasteiger partial charge in [-0.05, 0) is 31.4 Å². The Morgan fingerprint density at radius 2 is 2.14 bits per heavy atom. The van der Waals surface area contributed by atoms with E-state index in [1.54, 1.807) is 0 Å². The van der Waals surface area contributed by atoms with E-state index in [4.69, 9.17) is 9.84 Å². The molecule has 1 atom stereocenters. The van der Waals surface area contributed by atoms with E-state index in [-0.39, 0.29) is 17.4 Å². The standard InChI is InChI=1S/C14H18N2O5/c17-12-10(13(18)19)5-3-6-11(12)16-14(20)15-8-9-4-1-2-7-21-9/h3,5-6,9,17H,1-2,4,7-8H2,(H,18,19)(H2,15,16,20). The number of ether oxygens (including phenoxy) is 1. The zero-order valence-electron chi connectivity index (χ0n) is 11.5. The second-order valence-electron chi connectivity index (χ2n) is 4.83. The van der Waals surface area contributed by atoms with Crippen molar-refractivity contribution in [2.45, 2.75) is 25.4 Å². The summed E-state index contributed by atoms with van der Waals surface area (Å²) < 4.78 is 5.48. The van der Waals surface area contributed by atoms with E-state index in [9.17, 15) is 14.7 Å². The van der Waals surface area contributed by atoms with Crippen molar-refractivity contribution in [3.8, 4) is 5.75 Å². The van der Waals surface area contributed by atoms with Gasteiger partial charge in [-0.25, -0.2) is 9.59 Å². The number of amides is 2. The van der Waals surface area contributed by atoms with Crippen molar-refractivity contribution >= 4 is 17.7 Å². The van der Waals surface area contributed by atoms with Crippen LogP contribution in [-0.4, -0.2) is 41.5 Å². The predicted octanol–water partition coefficient (Wildman–Crippen LogP) is 1.78. The van der Waals surface area contributed by atoms with Crippen molar-refractivity contribution in [1.29, 1.82) is 0 Å². The zero-order chi connectivity index (χ0) is 15.2. The molecule has 1 heterocycles. The average Bonchev–Trinajstić information content (AvgIpc) is 2.48. The Bertz CT molecular complexity index is 526. The number of rotatable bonds is 4. The minimum absolute atomic E-state index is 0.00320. The molecule has 1 fully saturated rings. The van der Waals surface area contributed by atoms with Gasteiger partial charge in [0.1, 0.15) is 5.56 Å². The van der Waals surface area contributed by atoms with Crippen LogP contribution in [0.5, 0.6) is 5.75 Å². The first-order valence-electron chi connectivity index (χ1n) is 6.79. The van der Waals surface area contributed by atoms with Crippen molar-refractivity contribution in [3.05, 3.63) is 23.8 Å². The third-order valence-electron chi connectivity index (χ3n) is 3.28. The van der Waals surface area contributed by atoms with Gasteiger partial charge in [0, 0.05) is 13.2 Å². The van der Waals surface area contributed by atoms with Gasteiger partial charge in [0.25, 0.3) is 0 Å². The fourth-order valence-electron chi connectivity index (χ4n) is 2.16. The van der Waals surface area contributed by atoms with Crippen molar-refractivity contribution < 1.29 is 24.5 Å². The Morgan fingerprint density at radius 1 is 1.33 bits per heavy atom. The summed E-state index contributed by atoms with van der Waals surface area (Å²) in [5, 5.41) is 23.7. The highest BCUT2D eigenvalue weighted by molar-refractivity contribution is 5.97. The Labute approximate surface area is 121 Å². The van der Waals surface area contributed by atoms with Crippen LogP contribution in [0.1, 0.15) is 29.6 Å². The maximum Gasteiger partial charge on any atom is 0.339 e. The molecule has 1 aliphatic heterocycles. The number of carbonyl (C=O) groups excluding carboxylic acids is 1. The maximum atomic E-state index is 11.8. The molecule has 0 spiro atoms. The Kier molecular flexibility index (Phi) is 4.99. The van der Waals surface area contributed by atoms with Crippen molar-refractivity contribution in [2.24, 2.45) is 0 Å². The highest BCUT2D eigenvalue weighted by Gasteiger charge is 2.17. The lowest BCUT2D eigenvalue weighted by Gasteiger charge is -2.22. The molecule has 7 nitrogen and oxygen atoms in total. The summed E-state index contributed by atoms with van der Waals surface area (Å²) in [6, 6.07) is 3.62. The van der Waals surface area contributed by atoms with E-state index in [0.717, 1.165) is 19.3 Å². The largest absolute Gasteiger partial charge is 0.505 e. The molecule has 21 heavy (non-hydrogen) atoms. The van der Waals surface area contributed by atoms with E-state index in [1.165, 1.54) is 18.2 Å². The SMILES string of the molecule is O=C(NCC1CCCCO1)Nc1cccc(C(=O)O)c1O. The number of carboxylic acids is 1. The van der Waals surface area contributed by atoms with Gasteiger partial charge < -0.3 is 25.6 Å². The van der Waals surface area contributed by atoms with Crippen molar-refractivity contribution in [2.75, 3.05) is 18.5 Å². The third-order valence-corrected chi connectivity index (χ3v) is 3.28. The van der Waals surface area contributed by atoms with Gasteiger partial charge in [-0.2, -0.15) is 0 Å². The van der Waals surface area contributed by atoms with E-state index in [2.05, 4.69) is 10.6 Å². The number of carbonyl (C=O) groups is 2. The number of benzene rings is 1. The molecule has 4 N–H and O–H groups in total. The summed E-state index contributed by atoms with van der Waals surface area (Å²) in [4.78, 5) is 22.6. The Balaban J connectivity index is 1.90. The van der Waals surface area contributed by atoms with Crippen LogP contribution in [0.25, 0.3) is 0 Å². The number of hydrogen-bond acceptors (Lipinski definition) is 4. The summed E-state index contributed by atoms with van der Waals surface area (Å²) in [6.07, 6.45) is 3.03. The van der Waals surface area contributed by atoms with E-state index in [1.807, 2.05) is 0 Å². The molecule has 7 heteroatoms. The molecule has 1 aliphatic rings. The van der Waals surface area contributed by atoms with Crippen LogP contribution in [0.15, 0.2) is 18.2 Å². The van der Waals surface area contributed by atoms with Crippen LogP contribution in [0, 0.1) is 0 Å². The fourth-order valence-corrected chi connectivity index (χ4v) is 2.16. The molecule has 0 saturated carbocycles. The quantitative estimate of drug-likeness (QED) is 0.633. The molecule has 2 rings (SSSR count).